The fraction of sp³-hybridized carbons (Fsp3) is 0.154. The van der Waals surface area contributed by atoms with Gasteiger partial charge in [-0.25, -0.2) is 0 Å². The van der Waals surface area contributed by atoms with Gasteiger partial charge in [-0.05, 0) is 25.5 Å². The largest absolute Gasteiger partial charge is 0.255 e. The standard InChI is InChI=1S/C13H13N/c1-4-7-11(2)10-14-13-9-6-5-8-12(13)3/h5-6,8-10H,3H2,1-2H3/b11-10+,14-13?. The van der Waals surface area contributed by atoms with E-state index < -0.39 is 0 Å². The van der Waals surface area contributed by atoms with Crippen LogP contribution in [0.15, 0.2) is 53.2 Å². The molecular weight excluding hydrogens is 170 g/mol. The first-order chi connectivity index (χ1) is 6.74. The van der Waals surface area contributed by atoms with E-state index in [1.165, 1.54) is 0 Å². The zero-order chi connectivity index (χ0) is 10.4. The molecule has 1 rings (SSSR count). The molecule has 0 heterocycles. The van der Waals surface area contributed by atoms with Crippen molar-refractivity contribution < 1.29 is 0 Å². The summed E-state index contributed by atoms with van der Waals surface area (Å²) in [4.78, 5) is 4.30. The van der Waals surface area contributed by atoms with Crippen LogP contribution in [0.1, 0.15) is 13.8 Å². The van der Waals surface area contributed by atoms with E-state index in [2.05, 4.69) is 23.4 Å². The van der Waals surface area contributed by atoms with Gasteiger partial charge in [0.2, 0.25) is 0 Å². The van der Waals surface area contributed by atoms with Gasteiger partial charge in [-0.15, -0.1) is 5.92 Å². The van der Waals surface area contributed by atoms with E-state index in [1.807, 2.05) is 38.2 Å². The number of rotatable bonds is 1. The predicted molar refractivity (Wildman–Crippen MR) is 62.1 cm³/mol. The lowest BCUT2D eigenvalue weighted by molar-refractivity contribution is 1.44. The molecule has 0 atom stereocenters. The molecule has 0 aromatic rings. The minimum Gasteiger partial charge on any atom is -0.255 e. The quantitative estimate of drug-likeness (QED) is 0.554. The highest BCUT2D eigenvalue weighted by Crippen LogP contribution is 2.06. The molecule has 0 saturated carbocycles. The minimum absolute atomic E-state index is 0.893. The molecule has 0 unspecified atom stereocenters. The SMILES string of the molecule is C=C1C=CC=CC1=N/C=C(\C)C#CC. The number of allylic oxidation sites excluding steroid dienone is 6. The molecule has 0 fully saturated rings. The smallest absolute Gasteiger partial charge is 0.0696 e. The molecule has 1 heteroatoms. The topological polar surface area (TPSA) is 12.4 Å². The average molecular weight is 183 g/mol. The van der Waals surface area contributed by atoms with E-state index in [1.54, 1.807) is 6.20 Å². The van der Waals surface area contributed by atoms with Crippen LogP contribution in [0.4, 0.5) is 0 Å². The summed E-state index contributed by atoms with van der Waals surface area (Å²) in [7, 11) is 0. The Balaban J connectivity index is 2.83. The maximum absolute atomic E-state index is 4.30. The number of nitrogens with zero attached hydrogens (tertiary/aromatic N) is 1. The number of hydrogen-bond donors (Lipinski definition) is 0. The Morgan fingerprint density at radius 1 is 1.43 bits per heavy atom. The lowest BCUT2D eigenvalue weighted by Crippen LogP contribution is -1.97. The number of hydrogen-bond acceptors (Lipinski definition) is 1. The van der Waals surface area contributed by atoms with Gasteiger partial charge < -0.3 is 0 Å². The molecule has 0 bridgehead atoms. The fourth-order valence-corrected chi connectivity index (χ4v) is 1.03. The van der Waals surface area contributed by atoms with Crippen molar-refractivity contribution in [3.05, 3.63) is 48.2 Å². The molecular formula is C13H13N. The first-order valence-electron chi connectivity index (χ1n) is 4.45. The van der Waals surface area contributed by atoms with Gasteiger partial charge in [0, 0.05) is 11.8 Å². The molecule has 0 amide bonds. The first kappa shape index (κ1) is 10.3. The Morgan fingerprint density at radius 3 is 2.79 bits per heavy atom. The van der Waals surface area contributed by atoms with Crippen LogP contribution >= 0.6 is 0 Å². The van der Waals surface area contributed by atoms with Crippen LogP contribution in [0, 0.1) is 11.8 Å². The van der Waals surface area contributed by atoms with Gasteiger partial charge >= 0.3 is 0 Å². The van der Waals surface area contributed by atoms with Crippen molar-refractivity contribution >= 4 is 5.71 Å². The predicted octanol–water partition coefficient (Wildman–Crippen LogP) is 3.04. The normalized spacial score (nSPS) is 18.3. The van der Waals surface area contributed by atoms with Gasteiger partial charge in [-0.3, -0.25) is 4.99 Å². The maximum Gasteiger partial charge on any atom is 0.0696 e. The Labute approximate surface area is 85.2 Å². The summed E-state index contributed by atoms with van der Waals surface area (Å²) in [5.74, 6) is 5.76. The van der Waals surface area contributed by atoms with Crippen molar-refractivity contribution in [2.75, 3.05) is 0 Å². The summed E-state index contributed by atoms with van der Waals surface area (Å²) in [5.41, 5.74) is 2.78. The van der Waals surface area contributed by atoms with Gasteiger partial charge in [-0.1, -0.05) is 30.7 Å². The molecule has 0 N–H and O–H groups in total. The molecule has 0 aromatic heterocycles. The molecule has 0 aromatic carbocycles. The van der Waals surface area contributed by atoms with Crippen molar-refractivity contribution in [2.24, 2.45) is 4.99 Å². The van der Waals surface area contributed by atoms with E-state index in [0.29, 0.717) is 0 Å². The van der Waals surface area contributed by atoms with Crippen LogP contribution in [0.3, 0.4) is 0 Å². The van der Waals surface area contributed by atoms with Crippen LogP contribution in [-0.4, -0.2) is 5.71 Å². The average Bonchev–Trinajstić information content (AvgIpc) is 2.17. The molecule has 0 saturated heterocycles. The monoisotopic (exact) mass is 183 g/mol. The van der Waals surface area contributed by atoms with Crippen molar-refractivity contribution in [2.45, 2.75) is 13.8 Å². The van der Waals surface area contributed by atoms with Crippen molar-refractivity contribution in [3.8, 4) is 11.8 Å². The summed E-state index contributed by atoms with van der Waals surface area (Å²) in [5, 5.41) is 0. The molecule has 70 valence electrons. The van der Waals surface area contributed by atoms with E-state index in [0.717, 1.165) is 16.9 Å². The second kappa shape index (κ2) is 5.04. The Bertz CT molecular complexity index is 406. The maximum atomic E-state index is 4.30. The van der Waals surface area contributed by atoms with Crippen molar-refractivity contribution in [1.29, 1.82) is 0 Å². The Morgan fingerprint density at radius 2 is 2.14 bits per heavy atom. The summed E-state index contributed by atoms with van der Waals surface area (Å²) in [6.45, 7) is 7.63. The molecule has 1 aliphatic carbocycles. The molecule has 0 spiro atoms. The van der Waals surface area contributed by atoms with Crippen LogP contribution in [-0.2, 0) is 0 Å². The highest BCUT2D eigenvalue weighted by molar-refractivity contribution is 6.11. The highest BCUT2D eigenvalue weighted by Gasteiger charge is 1.98. The summed E-state index contributed by atoms with van der Waals surface area (Å²) < 4.78 is 0. The Hall–Kier alpha value is -1.81. The zero-order valence-corrected chi connectivity index (χ0v) is 8.54. The first-order valence-corrected chi connectivity index (χ1v) is 4.45. The van der Waals surface area contributed by atoms with Crippen LogP contribution in [0.5, 0.6) is 0 Å². The highest BCUT2D eigenvalue weighted by atomic mass is 14.7. The van der Waals surface area contributed by atoms with Crippen molar-refractivity contribution in [1.82, 2.24) is 0 Å². The third-order valence-corrected chi connectivity index (χ3v) is 1.71. The summed E-state index contributed by atoms with van der Waals surface area (Å²) in [6.07, 6.45) is 9.53. The third-order valence-electron chi connectivity index (χ3n) is 1.71. The second-order valence-electron chi connectivity index (χ2n) is 2.94. The van der Waals surface area contributed by atoms with Crippen LogP contribution in [0.2, 0.25) is 0 Å². The van der Waals surface area contributed by atoms with Gasteiger partial charge in [0.15, 0.2) is 0 Å². The van der Waals surface area contributed by atoms with Gasteiger partial charge in [0.05, 0.1) is 5.71 Å². The zero-order valence-electron chi connectivity index (χ0n) is 8.54. The van der Waals surface area contributed by atoms with E-state index in [9.17, 15) is 0 Å². The molecule has 0 radical (unpaired) electrons. The molecule has 0 aliphatic heterocycles. The van der Waals surface area contributed by atoms with E-state index in [4.69, 9.17) is 0 Å². The van der Waals surface area contributed by atoms with Gasteiger partial charge in [0.25, 0.3) is 0 Å². The summed E-state index contributed by atoms with van der Waals surface area (Å²) >= 11 is 0. The summed E-state index contributed by atoms with van der Waals surface area (Å²) in [6, 6.07) is 0. The van der Waals surface area contributed by atoms with Gasteiger partial charge in [0.1, 0.15) is 0 Å². The lowest BCUT2D eigenvalue weighted by Gasteiger charge is -2.02. The third kappa shape index (κ3) is 2.91. The number of aliphatic imine (C=N–C) groups is 1. The van der Waals surface area contributed by atoms with Crippen LogP contribution < -0.4 is 0 Å². The second-order valence-corrected chi connectivity index (χ2v) is 2.94. The minimum atomic E-state index is 0.893. The Kier molecular flexibility index (Phi) is 3.69. The van der Waals surface area contributed by atoms with E-state index in [-0.39, 0.29) is 0 Å². The fourth-order valence-electron chi connectivity index (χ4n) is 1.03. The van der Waals surface area contributed by atoms with E-state index >= 15 is 0 Å². The van der Waals surface area contributed by atoms with Crippen LogP contribution in [0.25, 0.3) is 0 Å². The molecule has 1 aliphatic rings. The molecule has 1 nitrogen and oxygen atoms in total. The molecule has 14 heavy (non-hydrogen) atoms. The van der Waals surface area contributed by atoms with Crippen molar-refractivity contribution in [3.63, 3.8) is 0 Å². The van der Waals surface area contributed by atoms with Gasteiger partial charge in [-0.2, -0.15) is 0 Å². The lowest BCUT2D eigenvalue weighted by atomic mass is 10.1.